The van der Waals surface area contributed by atoms with Crippen LogP contribution >= 0.6 is 0 Å². The number of carbonyl (C=O) groups is 2. The van der Waals surface area contributed by atoms with Crippen molar-refractivity contribution >= 4 is 28.9 Å². The second-order valence-corrected chi connectivity index (χ2v) is 7.35. The summed E-state index contributed by atoms with van der Waals surface area (Å²) < 4.78 is 11.1. The van der Waals surface area contributed by atoms with Gasteiger partial charge in [-0.05, 0) is 53.6 Å². The summed E-state index contributed by atoms with van der Waals surface area (Å²) in [6, 6.07) is 27.4. The molecule has 6 nitrogen and oxygen atoms in total. The minimum atomic E-state index is -0.476. The summed E-state index contributed by atoms with van der Waals surface area (Å²) in [6.45, 7) is 1.77. The molecule has 0 aliphatic heterocycles. The van der Waals surface area contributed by atoms with Crippen LogP contribution in [0.4, 0.5) is 0 Å². The number of aryl methyl sites for hydroxylation is 1. The predicted molar refractivity (Wildman–Crippen MR) is 128 cm³/mol. The number of benzene rings is 4. The molecule has 4 aromatic carbocycles. The number of amides is 1. The monoisotopic (exact) mass is 438 g/mol. The third-order valence-electron chi connectivity index (χ3n) is 4.89. The fourth-order valence-corrected chi connectivity index (χ4v) is 3.29. The van der Waals surface area contributed by atoms with Crippen LogP contribution < -0.4 is 14.9 Å². The molecule has 0 heterocycles. The SMILES string of the molecule is Cc1cccc(OCC(=O)NN=Cc2c(OC(=O)c3ccccc3)ccc3ccccc23)c1. The molecule has 0 aromatic heterocycles. The Morgan fingerprint density at radius 1 is 0.909 bits per heavy atom. The smallest absolute Gasteiger partial charge is 0.343 e. The highest BCUT2D eigenvalue weighted by Crippen LogP contribution is 2.27. The van der Waals surface area contributed by atoms with Crippen molar-refractivity contribution in [3.05, 3.63) is 108 Å². The number of ether oxygens (including phenoxy) is 2. The highest BCUT2D eigenvalue weighted by molar-refractivity contribution is 6.04. The molecule has 4 aromatic rings. The summed E-state index contributed by atoms with van der Waals surface area (Å²) in [5, 5.41) is 5.86. The Morgan fingerprint density at radius 3 is 2.52 bits per heavy atom. The molecule has 1 amide bonds. The average molecular weight is 438 g/mol. The van der Waals surface area contributed by atoms with Gasteiger partial charge in [0.15, 0.2) is 6.61 Å². The minimum absolute atomic E-state index is 0.174. The van der Waals surface area contributed by atoms with Crippen molar-refractivity contribution in [2.45, 2.75) is 6.92 Å². The fourth-order valence-electron chi connectivity index (χ4n) is 3.29. The highest BCUT2D eigenvalue weighted by Gasteiger charge is 2.13. The largest absolute Gasteiger partial charge is 0.484 e. The quantitative estimate of drug-likeness (QED) is 0.193. The van der Waals surface area contributed by atoms with Gasteiger partial charge in [0.25, 0.3) is 5.91 Å². The molecule has 6 heteroatoms. The zero-order valence-electron chi connectivity index (χ0n) is 18.0. The first kappa shape index (κ1) is 21.8. The van der Waals surface area contributed by atoms with E-state index in [2.05, 4.69) is 10.5 Å². The molecule has 164 valence electrons. The van der Waals surface area contributed by atoms with E-state index < -0.39 is 11.9 Å². The number of fused-ring (bicyclic) bond motifs is 1. The van der Waals surface area contributed by atoms with E-state index in [0.717, 1.165) is 16.3 Å². The molecule has 0 aliphatic rings. The third kappa shape index (κ3) is 5.62. The molecule has 0 saturated heterocycles. The van der Waals surface area contributed by atoms with E-state index in [1.807, 2.05) is 61.5 Å². The van der Waals surface area contributed by atoms with Gasteiger partial charge in [-0.3, -0.25) is 4.79 Å². The van der Waals surface area contributed by atoms with Crippen LogP contribution in [0.5, 0.6) is 11.5 Å². The molecule has 0 radical (unpaired) electrons. The van der Waals surface area contributed by atoms with Gasteiger partial charge in [-0.25, -0.2) is 10.2 Å². The van der Waals surface area contributed by atoms with Crippen LogP contribution in [0.25, 0.3) is 10.8 Å². The van der Waals surface area contributed by atoms with E-state index >= 15 is 0 Å². The van der Waals surface area contributed by atoms with Crippen molar-refractivity contribution in [3.8, 4) is 11.5 Å². The van der Waals surface area contributed by atoms with Crippen LogP contribution in [0, 0.1) is 6.92 Å². The van der Waals surface area contributed by atoms with Gasteiger partial charge < -0.3 is 9.47 Å². The Hall–Kier alpha value is -4.45. The van der Waals surface area contributed by atoms with Gasteiger partial charge in [0.05, 0.1) is 11.8 Å². The van der Waals surface area contributed by atoms with Crippen molar-refractivity contribution in [2.75, 3.05) is 6.61 Å². The first-order valence-corrected chi connectivity index (χ1v) is 10.4. The summed E-state index contributed by atoms with van der Waals surface area (Å²) in [5.41, 5.74) is 4.52. The van der Waals surface area contributed by atoms with Crippen molar-refractivity contribution in [1.29, 1.82) is 0 Å². The van der Waals surface area contributed by atoms with Gasteiger partial charge in [0.1, 0.15) is 11.5 Å². The molecule has 0 unspecified atom stereocenters. The lowest BCUT2D eigenvalue weighted by atomic mass is 10.0. The third-order valence-corrected chi connectivity index (χ3v) is 4.89. The Kier molecular flexibility index (Phi) is 6.75. The Labute approximate surface area is 191 Å². The molecule has 4 rings (SSSR count). The van der Waals surface area contributed by atoms with Crippen LogP contribution in [-0.4, -0.2) is 24.7 Å². The summed E-state index contributed by atoms with van der Waals surface area (Å²) in [5.74, 6) is 0.0711. The van der Waals surface area contributed by atoms with Crippen LogP contribution in [0.2, 0.25) is 0 Å². The Bertz CT molecular complexity index is 1320. The molecule has 0 saturated carbocycles. The van der Waals surface area contributed by atoms with Crippen molar-refractivity contribution in [2.24, 2.45) is 5.10 Å². The molecule has 0 aliphatic carbocycles. The van der Waals surface area contributed by atoms with Crippen molar-refractivity contribution in [3.63, 3.8) is 0 Å². The maximum absolute atomic E-state index is 12.6. The molecule has 1 N–H and O–H groups in total. The number of nitrogens with one attached hydrogen (secondary N) is 1. The number of carbonyl (C=O) groups excluding carboxylic acids is 2. The normalized spacial score (nSPS) is 10.8. The number of hydrogen-bond acceptors (Lipinski definition) is 5. The predicted octanol–water partition coefficient (Wildman–Crippen LogP) is 4.90. The Balaban J connectivity index is 1.50. The fraction of sp³-hybridized carbons (Fsp3) is 0.0741. The second-order valence-electron chi connectivity index (χ2n) is 7.35. The Morgan fingerprint density at radius 2 is 1.70 bits per heavy atom. The van der Waals surface area contributed by atoms with E-state index in [0.29, 0.717) is 22.6 Å². The first-order chi connectivity index (χ1) is 16.1. The number of nitrogens with zero attached hydrogens (tertiary/aromatic N) is 1. The van der Waals surface area contributed by atoms with E-state index in [4.69, 9.17) is 9.47 Å². The molecule has 0 fully saturated rings. The lowest BCUT2D eigenvalue weighted by molar-refractivity contribution is -0.123. The number of hydrazone groups is 1. The van der Waals surface area contributed by atoms with Gasteiger partial charge in [-0.2, -0.15) is 5.10 Å². The standard InChI is InChI=1S/C27H22N2O4/c1-19-8-7-12-22(16-19)32-18-26(30)29-28-17-24-23-13-6-5-9-20(23)14-15-25(24)33-27(31)21-10-3-2-4-11-21/h2-17H,18H2,1H3,(H,29,30). The summed E-state index contributed by atoms with van der Waals surface area (Å²) >= 11 is 0. The van der Waals surface area contributed by atoms with Gasteiger partial charge in [-0.15, -0.1) is 0 Å². The van der Waals surface area contributed by atoms with Crippen LogP contribution in [0.15, 0.2) is 96.1 Å². The molecule has 0 spiro atoms. The summed E-state index contributed by atoms with van der Waals surface area (Å²) in [6.07, 6.45) is 1.47. The van der Waals surface area contributed by atoms with Crippen molar-refractivity contribution in [1.82, 2.24) is 5.43 Å². The van der Waals surface area contributed by atoms with Gasteiger partial charge in [-0.1, -0.05) is 60.7 Å². The zero-order valence-corrected chi connectivity index (χ0v) is 18.0. The number of rotatable bonds is 7. The van der Waals surface area contributed by atoms with Crippen LogP contribution in [0.3, 0.4) is 0 Å². The van der Waals surface area contributed by atoms with Gasteiger partial charge >= 0.3 is 5.97 Å². The lowest BCUT2D eigenvalue weighted by Gasteiger charge is -2.10. The van der Waals surface area contributed by atoms with Crippen molar-refractivity contribution < 1.29 is 19.1 Å². The molecule has 0 atom stereocenters. The maximum Gasteiger partial charge on any atom is 0.343 e. The number of esters is 1. The average Bonchev–Trinajstić information content (AvgIpc) is 2.84. The molecular formula is C27H22N2O4. The van der Waals surface area contributed by atoms with E-state index in [9.17, 15) is 9.59 Å². The van der Waals surface area contributed by atoms with Crippen LogP contribution in [-0.2, 0) is 4.79 Å². The molecule has 33 heavy (non-hydrogen) atoms. The first-order valence-electron chi connectivity index (χ1n) is 10.4. The van der Waals surface area contributed by atoms with E-state index in [1.165, 1.54) is 6.21 Å². The second kappa shape index (κ2) is 10.2. The molecule has 0 bridgehead atoms. The van der Waals surface area contributed by atoms with E-state index in [1.54, 1.807) is 36.4 Å². The number of hydrogen-bond donors (Lipinski definition) is 1. The molecular weight excluding hydrogens is 416 g/mol. The lowest BCUT2D eigenvalue weighted by Crippen LogP contribution is -2.24. The topological polar surface area (TPSA) is 77.0 Å². The van der Waals surface area contributed by atoms with Crippen LogP contribution in [0.1, 0.15) is 21.5 Å². The summed E-state index contributed by atoms with van der Waals surface area (Å²) in [7, 11) is 0. The highest BCUT2D eigenvalue weighted by atomic mass is 16.5. The summed E-state index contributed by atoms with van der Waals surface area (Å²) in [4.78, 5) is 24.7. The minimum Gasteiger partial charge on any atom is -0.484 e. The maximum atomic E-state index is 12.6. The zero-order chi connectivity index (χ0) is 23.0. The van der Waals surface area contributed by atoms with Gasteiger partial charge in [0, 0.05) is 5.56 Å². The van der Waals surface area contributed by atoms with E-state index in [-0.39, 0.29) is 6.61 Å². The van der Waals surface area contributed by atoms with Gasteiger partial charge in [0.2, 0.25) is 0 Å².